The zero-order valence-corrected chi connectivity index (χ0v) is 21.4. The van der Waals surface area contributed by atoms with Crippen LogP contribution in [0.3, 0.4) is 0 Å². The third-order valence-corrected chi connectivity index (χ3v) is 6.30. The smallest absolute Gasteiger partial charge is 0.253 e. The first-order chi connectivity index (χ1) is 15.4. The molecule has 2 aromatic rings. The van der Waals surface area contributed by atoms with E-state index in [1.54, 1.807) is 0 Å². The van der Waals surface area contributed by atoms with Crippen molar-refractivity contribution in [1.29, 1.82) is 0 Å². The molecule has 0 bridgehead atoms. The fraction of sp³-hybridized carbons (Fsp3) is 0.600. The summed E-state index contributed by atoms with van der Waals surface area (Å²) in [6, 6.07) is 8.26. The molecule has 0 saturated heterocycles. The molecule has 0 fully saturated rings. The number of aryl methyl sites for hydroxylation is 1. The van der Waals surface area contributed by atoms with Crippen LogP contribution in [0.25, 0.3) is 10.9 Å². The summed E-state index contributed by atoms with van der Waals surface area (Å²) < 4.78 is 0. The highest BCUT2D eigenvalue weighted by Crippen LogP contribution is 2.15. The molecule has 0 saturated carbocycles. The van der Waals surface area contributed by atoms with E-state index in [9.17, 15) is 4.79 Å². The molecule has 0 aliphatic heterocycles. The van der Waals surface area contributed by atoms with E-state index < -0.39 is 0 Å². The van der Waals surface area contributed by atoms with Crippen molar-refractivity contribution in [2.45, 2.75) is 46.6 Å². The first kappa shape index (κ1) is 26.3. The lowest BCUT2D eigenvalue weighted by Crippen LogP contribution is -2.42. The van der Waals surface area contributed by atoms with Crippen LogP contribution in [-0.2, 0) is 13.0 Å². The average Bonchev–Trinajstić information content (AvgIpc) is 2.78. The molecule has 0 aliphatic rings. The molecule has 0 unspecified atom stereocenters. The number of hydrogen-bond acceptors (Lipinski definition) is 4. The zero-order valence-electron chi connectivity index (χ0n) is 20.5. The maximum atomic E-state index is 12.8. The normalized spacial score (nSPS) is 11.5. The number of rotatable bonds is 13. The Labute approximate surface area is 199 Å². The van der Waals surface area contributed by atoms with E-state index in [1.807, 2.05) is 12.1 Å². The van der Waals surface area contributed by atoms with Crippen LogP contribution in [0.5, 0.6) is 0 Å². The maximum Gasteiger partial charge on any atom is 0.253 e. The molecule has 0 aliphatic carbocycles. The van der Waals surface area contributed by atoms with E-state index in [0.29, 0.717) is 6.54 Å². The average molecular weight is 460 g/mol. The van der Waals surface area contributed by atoms with Crippen molar-refractivity contribution in [2.75, 3.05) is 53.4 Å². The van der Waals surface area contributed by atoms with Gasteiger partial charge in [0.1, 0.15) is 0 Å². The minimum atomic E-state index is -0.0362. The van der Waals surface area contributed by atoms with Crippen molar-refractivity contribution in [3.05, 3.63) is 45.7 Å². The number of fused-ring (bicyclic) bond motifs is 1. The van der Waals surface area contributed by atoms with Gasteiger partial charge in [0, 0.05) is 24.2 Å². The molecular formula is C25H41N5OS. The van der Waals surface area contributed by atoms with Gasteiger partial charge in [0.05, 0.1) is 6.54 Å². The Kier molecular flexibility index (Phi) is 11.1. The number of aromatic amines is 1. The Morgan fingerprint density at radius 1 is 1.03 bits per heavy atom. The Bertz CT molecular complexity index is 907. The van der Waals surface area contributed by atoms with E-state index in [1.165, 1.54) is 5.56 Å². The number of aromatic nitrogens is 1. The molecule has 7 heteroatoms. The summed E-state index contributed by atoms with van der Waals surface area (Å²) in [5.41, 5.74) is 2.87. The molecular weight excluding hydrogens is 418 g/mol. The van der Waals surface area contributed by atoms with Gasteiger partial charge in [-0.25, -0.2) is 0 Å². The minimum Gasteiger partial charge on any atom is -0.363 e. The Morgan fingerprint density at radius 2 is 1.78 bits per heavy atom. The minimum absolute atomic E-state index is 0.0362. The predicted octanol–water partition coefficient (Wildman–Crippen LogP) is 3.45. The lowest BCUT2D eigenvalue weighted by atomic mass is 10.1. The number of hydrogen-bond donors (Lipinski definition) is 2. The van der Waals surface area contributed by atoms with Crippen molar-refractivity contribution in [1.82, 2.24) is 25.0 Å². The van der Waals surface area contributed by atoms with Crippen LogP contribution in [0.2, 0.25) is 0 Å². The zero-order chi connectivity index (χ0) is 23.5. The molecule has 1 aromatic heterocycles. The summed E-state index contributed by atoms with van der Waals surface area (Å²) in [4.78, 5) is 22.6. The van der Waals surface area contributed by atoms with Crippen molar-refractivity contribution in [3.63, 3.8) is 0 Å². The van der Waals surface area contributed by atoms with Crippen LogP contribution in [0.4, 0.5) is 0 Å². The molecule has 1 heterocycles. The fourth-order valence-corrected chi connectivity index (χ4v) is 4.08. The standard InChI is InChI=1S/C25H41N5OS/c1-6-20-11-12-23-21(17-20)18-22(24(31)27-23)19-30(16-10-15-29(7-2)8-3)25(32)26-13-9-14-28(4)5/h11-12,17-18H,6-10,13-16,19H2,1-5H3,(H,26,32)(H,27,31). The second-order valence-corrected chi connectivity index (χ2v) is 8.98. The van der Waals surface area contributed by atoms with Crippen molar-refractivity contribution >= 4 is 28.2 Å². The van der Waals surface area contributed by atoms with Gasteiger partial charge in [0.2, 0.25) is 0 Å². The van der Waals surface area contributed by atoms with Gasteiger partial charge in [0.15, 0.2) is 5.11 Å². The van der Waals surface area contributed by atoms with Gasteiger partial charge in [-0.15, -0.1) is 0 Å². The molecule has 0 atom stereocenters. The molecule has 32 heavy (non-hydrogen) atoms. The summed E-state index contributed by atoms with van der Waals surface area (Å²) in [6.07, 6.45) is 3.01. The molecule has 0 amide bonds. The Morgan fingerprint density at radius 3 is 2.44 bits per heavy atom. The number of nitrogens with zero attached hydrogens (tertiary/aromatic N) is 3. The van der Waals surface area contributed by atoms with Crippen LogP contribution in [0, 0.1) is 0 Å². The SMILES string of the molecule is CCc1ccc2[nH]c(=O)c(CN(CCCN(CC)CC)C(=S)NCCCN(C)C)cc2c1. The van der Waals surface area contributed by atoms with Crippen LogP contribution in [-0.4, -0.2) is 78.2 Å². The van der Waals surface area contributed by atoms with E-state index >= 15 is 0 Å². The van der Waals surface area contributed by atoms with E-state index in [0.717, 1.165) is 80.1 Å². The van der Waals surface area contributed by atoms with Gasteiger partial charge < -0.3 is 25.0 Å². The number of thiocarbonyl (C=S) groups is 1. The molecule has 0 radical (unpaired) electrons. The fourth-order valence-electron chi connectivity index (χ4n) is 3.82. The van der Waals surface area contributed by atoms with Crippen molar-refractivity contribution in [2.24, 2.45) is 0 Å². The van der Waals surface area contributed by atoms with E-state index in [2.05, 4.69) is 72.0 Å². The summed E-state index contributed by atoms with van der Waals surface area (Å²) in [5, 5.41) is 5.21. The second-order valence-electron chi connectivity index (χ2n) is 8.59. The molecule has 2 rings (SSSR count). The van der Waals surface area contributed by atoms with Gasteiger partial charge in [0.25, 0.3) is 5.56 Å². The highest BCUT2D eigenvalue weighted by atomic mass is 32.1. The Hall–Kier alpha value is -1.96. The van der Waals surface area contributed by atoms with E-state index in [-0.39, 0.29) is 5.56 Å². The van der Waals surface area contributed by atoms with Crippen molar-refractivity contribution in [3.8, 4) is 0 Å². The van der Waals surface area contributed by atoms with Gasteiger partial charge in [-0.05, 0) is 101 Å². The quantitative estimate of drug-likeness (QED) is 0.353. The number of nitrogens with one attached hydrogen (secondary N) is 2. The summed E-state index contributed by atoms with van der Waals surface area (Å²) >= 11 is 5.74. The third kappa shape index (κ3) is 8.19. The molecule has 6 nitrogen and oxygen atoms in total. The number of benzene rings is 1. The first-order valence-corrected chi connectivity index (χ1v) is 12.3. The van der Waals surface area contributed by atoms with Crippen LogP contribution in [0.1, 0.15) is 44.7 Å². The lowest BCUT2D eigenvalue weighted by Gasteiger charge is -2.27. The molecule has 178 valence electrons. The molecule has 1 aromatic carbocycles. The van der Waals surface area contributed by atoms with Gasteiger partial charge in [-0.1, -0.05) is 26.8 Å². The van der Waals surface area contributed by atoms with Gasteiger partial charge in [-0.3, -0.25) is 4.79 Å². The van der Waals surface area contributed by atoms with Crippen molar-refractivity contribution < 1.29 is 0 Å². The Balaban J connectivity index is 2.15. The summed E-state index contributed by atoms with van der Waals surface area (Å²) in [7, 11) is 4.15. The summed E-state index contributed by atoms with van der Waals surface area (Å²) in [6.45, 7) is 12.8. The first-order valence-electron chi connectivity index (χ1n) is 11.9. The predicted molar refractivity (Wildman–Crippen MR) is 141 cm³/mol. The van der Waals surface area contributed by atoms with E-state index in [4.69, 9.17) is 12.2 Å². The van der Waals surface area contributed by atoms with Crippen LogP contribution < -0.4 is 10.9 Å². The number of H-pyrrole nitrogens is 1. The van der Waals surface area contributed by atoms with Crippen LogP contribution >= 0.6 is 12.2 Å². The molecule has 0 spiro atoms. The molecule has 2 N–H and O–H groups in total. The number of pyridine rings is 1. The lowest BCUT2D eigenvalue weighted by molar-refractivity contribution is 0.279. The maximum absolute atomic E-state index is 12.8. The van der Waals surface area contributed by atoms with Crippen LogP contribution in [0.15, 0.2) is 29.1 Å². The highest BCUT2D eigenvalue weighted by molar-refractivity contribution is 7.80. The third-order valence-electron chi connectivity index (χ3n) is 5.90. The monoisotopic (exact) mass is 459 g/mol. The summed E-state index contributed by atoms with van der Waals surface area (Å²) in [5.74, 6) is 0. The van der Waals surface area contributed by atoms with Gasteiger partial charge >= 0.3 is 0 Å². The second kappa shape index (κ2) is 13.6. The largest absolute Gasteiger partial charge is 0.363 e. The van der Waals surface area contributed by atoms with Gasteiger partial charge in [-0.2, -0.15) is 0 Å². The highest BCUT2D eigenvalue weighted by Gasteiger charge is 2.14. The topological polar surface area (TPSA) is 54.6 Å².